The van der Waals surface area contributed by atoms with E-state index in [1.807, 2.05) is 67.6 Å². The first-order chi connectivity index (χ1) is 14.1. The average Bonchev–Trinajstić information content (AvgIpc) is 3.22. The van der Waals surface area contributed by atoms with Crippen LogP contribution in [0, 0.1) is 0 Å². The normalized spacial score (nSPS) is 12.1. The average molecular weight is 389 g/mol. The number of hydrogen-bond acceptors (Lipinski definition) is 4. The summed E-state index contributed by atoms with van der Waals surface area (Å²) in [6, 6.07) is 19.3. The molecule has 5 heteroatoms. The van der Waals surface area contributed by atoms with Gasteiger partial charge in [0.15, 0.2) is 17.3 Å². The van der Waals surface area contributed by atoms with E-state index in [2.05, 4.69) is 5.32 Å². The van der Waals surface area contributed by atoms with Crippen molar-refractivity contribution in [2.75, 3.05) is 14.2 Å². The molecule has 0 aliphatic carbocycles. The predicted molar refractivity (Wildman–Crippen MR) is 114 cm³/mol. The lowest BCUT2D eigenvalue weighted by atomic mass is 10.0. The first-order valence-electron chi connectivity index (χ1n) is 9.58. The number of rotatable bonds is 6. The fraction of sp³-hybridized carbons (Fsp3) is 0.208. The molecule has 148 valence electrons. The van der Waals surface area contributed by atoms with Gasteiger partial charge < -0.3 is 19.2 Å². The molecule has 0 aliphatic rings. The molecule has 5 nitrogen and oxygen atoms in total. The monoisotopic (exact) mass is 389 g/mol. The lowest BCUT2D eigenvalue weighted by molar-refractivity contribution is 0.0909. The second-order valence-corrected chi connectivity index (χ2v) is 6.86. The third-order valence-electron chi connectivity index (χ3n) is 5.17. The topological polar surface area (TPSA) is 60.7 Å². The maximum absolute atomic E-state index is 12.9. The quantitative estimate of drug-likeness (QED) is 0.474. The second-order valence-electron chi connectivity index (χ2n) is 6.86. The SMILES string of the molecule is CC[C@H](NC(=O)c1cc2c(ccc3ccccc32)o1)c1ccc(OC)c(OC)c1. The predicted octanol–water partition coefficient (Wildman–Crippen LogP) is 5.48. The van der Waals surface area contributed by atoms with Crippen molar-refractivity contribution >= 4 is 27.6 Å². The molecule has 1 aromatic heterocycles. The molecule has 0 aliphatic heterocycles. The number of carbonyl (C=O) groups excluding carboxylic acids is 1. The van der Waals surface area contributed by atoms with E-state index in [0.717, 1.165) is 28.1 Å². The molecule has 0 spiro atoms. The number of ether oxygens (including phenoxy) is 2. The molecule has 4 aromatic rings. The summed E-state index contributed by atoms with van der Waals surface area (Å²) in [4.78, 5) is 12.9. The second kappa shape index (κ2) is 7.87. The summed E-state index contributed by atoms with van der Waals surface area (Å²) in [5.41, 5.74) is 1.65. The summed E-state index contributed by atoms with van der Waals surface area (Å²) < 4.78 is 16.5. The van der Waals surface area contributed by atoms with E-state index in [4.69, 9.17) is 13.9 Å². The van der Waals surface area contributed by atoms with Crippen LogP contribution in [-0.2, 0) is 0 Å². The molecule has 0 saturated carbocycles. The van der Waals surface area contributed by atoms with Gasteiger partial charge in [0.2, 0.25) is 0 Å². The smallest absolute Gasteiger partial charge is 0.287 e. The summed E-state index contributed by atoms with van der Waals surface area (Å²) >= 11 is 0. The van der Waals surface area contributed by atoms with Crippen LogP contribution in [-0.4, -0.2) is 20.1 Å². The summed E-state index contributed by atoms with van der Waals surface area (Å²) in [7, 11) is 3.20. The zero-order valence-corrected chi connectivity index (χ0v) is 16.7. The van der Waals surface area contributed by atoms with Gasteiger partial charge in [0.25, 0.3) is 5.91 Å². The molecule has 0 unspecified atom stereocenters. The highest BCUT2D eigenvalue weighted by molar-refractivity contribution is 6.08. The van der Waals surface area contributed by atoms with Gasteiger partial charge in [-0.05, 0) is 47.0 Å². The Morgan fingerprint density at radius 1 is 0.966 bits per heavy atom. The lowest BCUT2D eigenvalue weighted by Crippen LogP contribution is -2.27. The first kappa shape index (κ1) is 18.9. The summed E-state index contributed by atoms with van der Waals surface area (Å²) in [6.45, 7) is 2.02. The Morgan fingerprint density at radius 3 is 2.52 bits per heavy atom. The minimum Gasteiger partial charge on any atom is -0.493 e. The number of carbonyl (C=O) groups is 1. The van der Waals surface area contributed by atoms with Crippen molar-refractivity contribution in [2.45, 2.75) is 19.4 Å². The molecule has 4 rings (SSSR count). The van der Waals surface area contributed by atoms with Crippen LogP contribution >= 0.6 is 0 Å². The molecular formula is C24H23NO4. The number of nitrogens with one attached hydrogen (secondary N) is 1. The van der Waals surface area contributed by atoms with E-state index in [9.17, 15) is 4.79 Å². The van der Waals surface area contributed by atoms with Crippen LogP contribution in [0.2, 0.25) is 0 Å². The van der Waals surface area contributed by atoms with Crippen LogP contribution in [0.1, 0.15) is 35.5 Å². The van der Waals surface area contributed by atoms with E-state index >= 15 is 0 Å². The van der Waals surface area contributed by atoms with Crippen molar-refractivity contribution in [3.8, 4) is 11.5 Å². The van der Waals surface area contributed by atoms with Crippen LogP contribution in [0.4, 0.5) is 0 Å². The third-order valence-corrected chi connectivity index (χ3v) is 5.17. The van der Waals surface area contributed by atoms with Crippen molar-refractivity contribution in [1.82, 2.24) is 5.32 Å². The number of amides is 1. The molecule has 1 amide bonds. The summed E-state index contributed by atoms with van der Waals surface area (Å²) in [6.07, 6.45) is 0.727. The molecule has 1 atom stereocenters. The van der Waals surface area contributed by atoms with Crippen molar-refractivity contribution in [3.05, 3.63) is 72.0 Å². The Kier molecular flexibility index (Phi) is 5.12. The molecule has 1 N–H and O–H groups in total. The number of hydrogen-bond donors (Lipinski definition) is 1. The van der Waals surface area contributed by atoms with Crippen LogP contribution in [0.15, 0.2) is 65.1 Å². The van der Waals surface area contributed by atoms with E-state index in [-0.39, 0.29) is 11.9 Å². The van der Waals surface area contributed by atoms with Crippen molar-refractivity contribution in [3.63, 3.8) is 0 Å². The summed E-state index contributed by atoms with van der Waals surface area (Å²) in [5, 5.41) is 6.19. The minimum atomic E-state index is -0.244. The maximum Gasteiger partial charge on any atom is 0.287 e. The minimum absolute atomic E-state index is 0.174. The van der Waals surface area contributed by atoms with E-state index < -0.39 is 0 Å². The Hall–Kier alpha value is -3.47. The van der Waals surface area contributed by atoms with Crippen LogP contribution in [0.25, 0.3) is 21.7 Å². The molecule has 0 fully saturated rings. The molecular weight excluding hydrogens is 366 g/mol. The van der Waals surface area contributed by atoms with Crippen LogP contribution in [0.3, 0.4) is 0 Å². The van der Waals surface area contributed by atoms with E-state index in [0.29, 0.717) is 22.8 Å². The Bertz CT molecular complexity index is 1180. The van der Waals surface area contributed by atoms with Gasteiger partial charge in [-0.1, -0.05) is 43.3 Å². The Balaban J connectivity index is 1.63. The van der Waals surface area contributed by atoms with Crippen molar-refractivity contribution in [2.24, 2.45) is 0 Å². The number of methoxy groups -OCH3 is 2. The lowest BCUT2D eigenvalue weighted by Gasteiger charge is -2.18. The Morgan fingerprint density at radius 2 is 1.76 bits per heavy atom. The van der Waals surface area contributed by atoms with Gasteiger partial charge in [0, 0.05) is 5.39 Å². The Labute approximate surface area is 169 Å². The molecule has 29 heavy (non-hydrogen) atoms. The molecule has 1 heterocycles. The zero-order valence-electron chi connectivity index (χ0n) is 16.7. The third kappa shape index (κ3) is 3.51. The molecule has 0 bridgehead atoms. The van der Waals surface area contributed by atoms with Gasteiger partial charge in [-0.15, -0.1) is 0 Å². The van der Waals surface area contributed by atoms with Gasteiger partial charge >= 0.3 is 0 Å². The zero-order chi connectivity index (χ0) is 20.4. The van der Waals surface area contributed by atoms with Gasteiger partial charge in [0.05, 0.1) is 20.3 Å². The van der Waals surface area contributed by atoms with Gasteiger partial charge in [-0.2, -0.15) is 0 Å². The van der Waals surface area contributed by atoms with Gasteiger partial charge in [-0.3, -0.25) is 4.79 Å². The maximum atomic E-state index is 12.9. The van der Waals surface area contributed by atoms with Gasteiger partial charge in [0.1, 0.15) is 5.58 Å². The van der Waals surface area contributed by atoms with Crippen LogP contribution < -0.4 is 14.8 Å². The highest BCUT2D eigenvalue weighted by Gasteiger charge is 2.19. The van der Waals surface area contributed by atoms with Crippen LogP contribution in [0.5, 0.6) is 11.5 Å². The van der Waals surface area contributed by atoms with Gasteiger partial charge in [-0.25, -0.2) is 0 Å². The molecule has 0 radical (unpaired) electrons. The number of benzene rings is 3. The number of furan rings is 1. The van der Waals surface area contributed by atoms with E-state index in [1.165, 1.54) is 0 Å². The standard InChI is InChI=1S/C24H23NO4/c1-4-19(16-10-12-21(27-2)22(13-16)28-3)25-24(26)23-14-18-17-8-6-5-7-15(17)9-11-20(18)29-23/h5-14,19H,4H2,1-3H3,(H,25,26)/t19-/m0/s1. The van der Waals surface area contributed by atoms with E-state index in [1.54, 1.807) is 14.2 Å². The molecule has 3 aromatic carbocycles. The number of fused-ring (bicyclic) bond motifs is 3. The highest BCUT2D eigenvalue weighted by Crippen LogP contribution is 2.32. The summed E-state index contributed by atoms with van der Waals surface area (Å²) in [5.74, 6) is 1.34. The largest absolute Gasteiger partial charge is 0.493 e. The molecule has 0 saturated heterocycles. The highest BCUT2D eigenvalue weighted by atomic mass is 16.5. The fourth-order valence-electron chi connectivity index (χ4n) is 3.62. The van der Waals surface area contributed by atoms with Crippen molar-refractivity contribution < 1.29 is 18.7 Å². The first-order valence-corrected chi connectivity index (χ1v) is 9.58. The van der Waals surface area contributed by atoms with Crippen molar-refractivity contribution in [1.29, 1.82) is 0 Å². The fourth-order valence-corrected chi connectivity index (χ4v) is 3.62.